The Hall–Kier alpha value is -1.41. The molecule has 0 bridgehead atoms. The number of carbonyl (C=O) groups excluding carboxylic acids is 1. The molecule has 0 aromatic carbocycles. The van der Waals surface area contributed by atoms with Crippen molar-refractivity contribution in [3.05, 3.63) is 0 Å². The molecule has 1 rings (SSSR count). The summed E-state index contributed by atoms with van der Waals surface area (Å²) in [5, 5.41) is 2.69. The van der Waals surface area contributed by atoms with E-state index in [1.54, 1.807) is 0 Å². The molecule has 0 atom stereocenters. The zero-order valence-corrected chi connectivity index (χ0v) is 7.60. The molecule has 2 nitrogen and oxygen atoms in total. The summed E-state index contributed by atoms with van der Waals surface area (Å²) in [5.41, 5.74) is -0.300. The van der Waals surface area contributed by atoms with Crippen LogP contribution in [0.4, 0.5) is 0 Å². The van der Waals surface area contributed by atoms with Gasteiger partial charge in [-0.05, 0) is 12.8 Å². The normalized spacial score (nSPS) is 17.7. The molecule has 68 valence electrons. The van der Waals surface area contributed by atoms with Crippen LogP contribution in [0.25, 0.3) is 0 Å². The minimum atomic E-state index is -0.300. The van der Waals surface area contributed by atoms with Gasteiger partial charge in [0, 0.05) is 6.42 Å². The predicted molar refractivity (Wildman–Crippen MR) is 51.6 cm³/mol. The summed E-state index contributed by atoms with van der Waals surface area (Å²) in [5.74, 6) is 4.96. The Bertz CT molecular complexity index is 275. The van der Waals surface area contributed by atoms with Crippen LogP contribution in [0.5, 0.6) is 0 Å². The lowest BCUT2D eigenvalue weighted by molar-refractivity contribution is -0.135. The zero-order valence-electron chi connectivity index (χ0n) is 7.60. The molecule has 0 radical (unpaired) electrons. The third-order valence-electron chi connectivity index (χ3n) is 2.58. The van der Waals surface area contributed by atoms with Gasteiger partial charge in [-0.2, -0.15) is 0 Å². The summed E-state index contributed by atoms with van der Waals surface area (Å²) < 4.78 is 0. The number of amides is 1. The molecule has 0 aromatic rings. The van der Waals surface area contributed by atoms with Gasteiger partial charge in [-0.1, -0.05) is 12.3 Å². The molecule has 1 aliphatic rings. The zero-order chi connectivity index (χ0) is 9.73. The Morgan fingerprint density at radius 2 is 2.08 bits per heavy atom. The van der Waals surface area contributed by atoms with Crippen molar-refractivity contribution in [1.82, 2.24) is 5.32 Å². The maximum absolute atomic E-state index is 11.6. The van der Waals surface area contributed by atoms with Crippen LogP contribution in [0.1, 0.15) is 25.7 Å². The lowest BCUT2D eigenvalue weighted by atomic mass is 9.66. The first-order valence-corrected chi connectivity index (χ1v) is 4.40. The Morgan fingerprint density at radius 3 is 2.46 bits per heavy atom. The standard InChI is InChI=1S/C11H13NO/c1-3-6-11(7-5-8-11)10(13)12-9-4-2/h1-2H,5-9H2,(H,12,13). The lowest BCUT2D eigenvalue weighted by Crippen LogP contribution is -2.45. The van der Waals surface area contributed by atoms with E-state index in [0.717, 1.165) is 19.3 Å². The van der Waals surface area contributed by atoms with Gasteiger partial charge in [0.05, 0.1) is 12.0 Å². The first kappa shape index (κ1) is 9.68. The van der Waals surface area contributed by atoms with Crippen molar-refractivity contribution in [1.29, 1.82) is 0 Å². The molecule has 1 fully saturated rings. The fourth-order valence-corrected chi connectivity index (χ4v) is 1.60. The van der Waals surface area contributed by atoms with Gasteiger partial charge in [-0.3, -0.25) is 4.79 Å². The number of rotatable bonds is 3. The quantitative estimate of drug-likeness (QED) is 0.635. The van der Waals surface area contributed by atoms with E-state index in [1.165, 1.54) is 0 Å². The maximum Gasteiger partial charge on any atom is 0.227 e. The Labute approximate surface area is 79.1 Å². The van der Waals surface area contributed by atoms with Crippen molar-refractivity contribution < 1.29 is 4.79 Å². The van der Waals surface area contributed by atoms with Crippen LogP contribution < -0.4 is 5.32 Å². The largest absolute Gasteiger partial charge is 0.345 e. The van der Waals surface area contributed by atoms with Gasteiger partial charge in [-0.15, -0.1) is 18.8 Å². The third-order valence-corrected chi connectivity index (χ3v) is 2.58. The average molecular weight is 175 g/mol. The highest BCUT2D eigenvalue weighted by molar-refractivity contribution is 5.84. The van der Waals surface area contributed by atoms with E-state index in [0.29, 0.717) is 13.0 Å². The lowest BCUT2D eigenvalue weighted by Gasteiger charge is -2.38. The van der Waals surface area contributed by atoms with E-state index in [2.05, 4.69) is 17.2 Å². The second kappa shape index (κ2) is 4.01. The molecule has 1 aliphatic carbocycles. The van der Waals surface area contributed by atoms with Gasteiger partial charge in [0.1, 0.15) is 0 Å². The molecule has 0 saturated heterocycles. The SMILES string of the molecule is C#CCNC(=O)C1(CC#C)CCC1. The van der Waals surface area contributed by atoms with Crippen LogP contribution in [-0.2, 0) is 4.79 Å². The minimum absolute atomic E-state index is 0.0228. The van der Waals surface area contributed by atoms with Crippen molar-refractivity contribution in [2.24, 2.45) is 5.41 Å². The number of hydrogen-bond donors (Lipinski definition) is 1. The maximum atomic E-state index is 11.6. The molecule has 0 aliphatic heterocycles. The van der Waals surface area contributed by atoms with E-state index in [9.17, 15) is 4.79 Å². The molecule has 0 heterocycles. The average Bonchev–Trinajstić information content (AvgIpc) is 2.07. The molecule has 0 unspecified atom stereocenters. The minimum Gasteiger partial charge on any atom is -0.345 e. The second-order valence-electron chi connectivity index (χ2n) is 3.40. The molecule has 1 amide bonds. The van der Waals surface area contributed by atoms with E-state index in [1.807, 2.05) is 0 Å². The smallest absolute Gasteiger partial charge is 0.227 e. The fraction of sp³-hybridized carbons (Fsp3) is 0.545. The summed E-state index contributed by atoms with van der Waals surface area (Å²) in [6, 6.07) is 0. The van der Waals surface area contributed by atoms with Crippen molar-refractivity contribution in [3.8, 4) is 24.7 Å². The predicted octanol–water partition coefficient (Wildman–Crippen LogP) is 0.929. The highest BCUT2D eigenvalue weighted by Crippen LogP contribution is 2.43. The number of carbonyl (C=O) groups is 1. The van der Waals surface area contributed by atoms with E-state index in [4.69, 9.17) is 12.8 Å². The molecule has 1 N–H and O–H groups in total. The van der Waals surface area contributed by atoms with Crippen LogP contribution >= 0.6 is 0 Å². The van der Waals surface area contributed by atoms with Crippen LogP contribution in [0.2, 0.25) is 0 Å². The van der Waals surface area contributed by atoms with Crippen LogP contribution in [0.3, 0.4) is 0 Å². The Balaban J connectivity index is 2.52. The highest BCUT2D eigenvalue weighted by atomic mass is 16.2. The Kier molecular flexibility index (Phi) is 2.98. The molecular weight excluding hydrogens is 162 g/mol. The van der Waals surface area contributed by atoms with E-state index in [-0.39, 0.29) is 11.3 Å². The Morgan fingerprint density at radius 1 is 1.38 bits per heavy atom. The van der Waals surface area contributed by atoms with Crippen LogP contribution in [-0.4, -0.2) is 12.5 Å². The summed E-state index contributed by atoms with van der Waals surface area (Å²) >= 11 is 0. The van der Waals surface area contributed by atoms with E-state index < -0.39 is 0 Å². The van der Waals surface area contributed by atoms with Gasteiger partial charge in [0.25, 0.3) is 0 Å². The third kappa shape index (κ3) is 1.84. The van der Waals surface area contributed by atoms with Gasteiger partial charge in [-0.25, -0.2) is 0 Å². The molecule has 0 spiro atoms. The number of terminal acetylenes is 2. The van der Waals surface area contributed by atoms with Gasteiger partial charge in [0.2, 0.25) is 5.91 Å². The fourth-order valence-electron chi connectivity index (χ4n) is 1.60. The molecule has 1 saturated carbocycles. The van der Waals surface area contributed by atoms with Crippen molar-refractivity contribution in [3.63, 3.8) is 0 Å². The van der Waals surface area contributed by atoms with Gasteiger partial charge in [0.15, 0.2) is 0 Å². The van der Waals surface area contributed by atoms with Crippen molar-refractivity contribution in [2.45, 2.75) is 25.7 Å². The van der Waals surface area contributed by atoms with Crippen LogP contribution in [0, 0.1) is 30.1 Å². The van der Waals surface area contributed by atoms with Crippen molar-refractivity contribution in [2.75, 3.05) is 6.54 Å². The molecule has 2 heteroatoms. The molecular formula is C11H13NO. The van der Waals surface area contributed by atoms with Crippen LogP contribution in [0.15, 0.2) is 0 Å². The second-order valence-corrected chi connectivity index (χ2v) is 3.40. The first-order valence-electron chi connectivity index (χ1n) is 4.40. The molecule has 0 aromatic heterocycles. The number of nitrogens with one attached hydrogen (secondary N) is 1. The first-order chi connectivity index (χ1) is 6.25. The monoisotopic (exact) mass is 175 g/mol. The summed E-state index contributed by atoms with van der Waals surface area (Å²) in [7, 11) is 0. The highest BCUT2D eigenvalue weighted by Gasteiger charge is 2.42. The van der Waals surface area contributed by atoms with E-state index >= 15 is 0 Å². The summed E-state index contributed by atoms with van der Waals surface area (Å²) in [4.78, 5) is 11.6. The number of hydrogen-bond acceptors (Lipinski definition) is 1. The summed E-state index contributed by atoms with van der Waals surface area (Å²) in [6.07, 6.45) is 13.7. The molecule has 13 heavy (non-hydrogen) atoms. The topological polar surface area (TPSA) is 29.1 Å². The van der Waals surface area contributed by atoms with Gasteiger partial charge < -0.3 is 5.32 Å². The summed E-state index contributed by atoms with van der Waals surface area (Å²) in [6.45, 7) is 0.297. The van der Waals surface area contributed by atoms with Gasteiger partial charge >= 0.3 is 0 Å². The van der Waals surface area contributed by atoms with Crippen molar-refractivity contribution >= 4 is 5.91 Å².